The van der Waals surface area contributed by atoms with Crippen LogP contribution >= 0.6 is 0 Å². The second kappa shape index (κ2) is 17.5. The van der Waals surface area contributed by atoms with E-state index in [4.69, 9.17) is 9.40 Å². The summed E-state index contributed by atoms with van der Waals surface area (Å²) in [6.45, 7) is 8.83. The Morgan fingerprint density at radius 2 is 1.38 bits per heavy atom. The number of fused-ring (bicyclic) bond motifs is 3. The van der Waals surface area contributed by atoms with Gasteiger partial charge in [-0.3, -0.25) is 0 Å². The molecule has 8 aromatic rings. The molecule has 0 spiro atoms. The molecular weight excluding hydrogens is 909 g/mol. The van der Waals surface area contributed by atoms with Crippen molar-refractivity contribution in [2.75, 3.05) is 0 Å². The van der Waals surface area contributed by atoms with Crippen LogP contribution in [0, 0.1) is 26.0 Å². The molecule has 0 fully saturated rings. The standard InChI is InChI=1S/C28H24NO.C22H24GeN.Ir/c1-3-19(4-2)22-15-16-29-26(17-22)25-12-8-11-24-23-14-13-21(18-27(23)30-28(24)25)20-9-6-5-7-10-20;1-16-11-12-19(14-20(16)18-9-7-6-8-10-18)22-13-17(2)21(15-24-22)23(3,4)5;/h5-11,13-19H,3-4H2,1-2H3;6-11,13-15H,1-5H3;/q2*-1;. The van der Waals surface area contributed by atoms with E-state index in [0.717, 1.165) is 62.9 Å². The van der Waals surface area contributed by atoms with E-state index in [-0.39, 0.29) is 20.1 Å². The van der Waals surface area contributed by atoms with E-state index < -0.39 is 13.3 Å². The number of aromatic nitrogens is 2. The molecule has 5 aromatic carbocycles. The average molecular weight is 958 g/mol. The van der Waals surface area contributed by atoms with Gasteiger partial charge in [0.05, 0.1) is 5.58 Å². The third-order valence-corrected chi connectivity index (χ3v) is 15.0. The van der Waals surface area contributed by atoms with Crippen LogP contribution in [0.25, 0.3) is 66.7 Å². The number of benzene rings is 5. The minimum atomic E-state index is -1.86. The first-order valence-electron chi connectivity index (χ1n) is 19.1. The second-order valence-corrected chi connectivity index (χ2v) is 25.8. The van der Waals surface area contributed by atoms with Crippen LogP contribution < -0.4 is 4.40 Å². The predicted octanol–water partition coefficient (Wildman–Crippen LogP) is 13.4. The molecule has 279 valence electrons. The van der Waals surface area contributed by atoms with E-state index in [1.54, 1.807) is 0 Å². The van der Waals surface area contributed by atoms with E-state index in [1.807, 2.05) is 18.3 Å². The van der Waals surface area contributed by atoms with Gasteiger partial charge in [0.15, 0.2) is 0 Å². The molecule has 8 rings (SSSR count). The molecule has 0 amide bonds. The first kappa shape index (κ1) is 40.1. The number of furan rings is 1. The van der Waals surface area contributed by atoms with E-state index >= 15 is 0 Å². The van der Waals surface area contributed by atoms with Crippen LogP contribution in [-0.4, -0.2) is 23.2 Å². The molecule has 0 unspecified atom stereocenters. The van der Waals surface area contributed by atoms with Crippen LogP contribution in [0.5, 0.6) is 0 Å². The molecule has 55 heavy (non-hydrogen) atoms. The number of pyridine rings is 2. The summed E-state index contributed by atoms with van der Waals surface area (Å²) in [5, 5.41) is 2.23. The van der Waals surface area contributed by atoms with Gasteiger partial charge >= 0.3 is 148 Å². The number of hydrogen-bond acceptors (Lipinski definition) is 3. The third kappa shape index (κ3) is 8.78. The van der Waals surface area contributed by atoms with Gasteiger partial charge in [-0.15, -0.1) is 18.2 Å². The van der Waals surface area contributed by atoms with Gasteiger partial charge in [0.25, 0.3) is 0 Å². The van der Waals surface area contributed by atoms with Crippen LogP contribution in [0.2, 0.25) is 17.3 Å². The normalized spacial score (nSPS) is 11.3. The molecule has 0 aliphatic heterocycles. The summed E-state index contributed by atoms with van der Waals surface area (Å²) in [5.74, 6) is 7.79. The third-order valence-electron chi connectivity index (χ3n) is 10.5. The SMILES string of the molecule is CCC(CC)c1ccnc(-c2[c-]ccc3c2oc2cc(-c4ccccc4)ccc23)c1.Cc1c[c-]c(-c2cc(C)[c]([Ge]([CH3])([CH3])[CH3])cn2)cc1-c1ccccc1.[Ir]. The minimum absolute atomic E-state index is 0. The Morgan fingerprint density at radius 1 is 0.673 bits per heavy atom. The Labute approximate surface area is 343 Å². The Balaban J connectivity index is 0.000000188. The van der Waals surface area contributed by atoms with Gasteiger partial charge < -0.3 is 9.40 Å². The topological polar surface area (TPSA) is 38.9 Å². The largest absolute Gasteiger partial charge is 0 e. The molecule has 0 saturated heterocycles. The molecule has 0 saturated carbocycles. The van der Waals surface area contributed by atoms with Crippen molar-refractivity contribution in [2.24, 2.45) is 0 Å². The summed E-state index contributed by atoms with van der Waals surface area (Å²) in [6, 6.07) is 49.0. The van der Waals surface area contributed by atoms with Crippen LogP contribution in [0.3, 0.4) is 0 Å². The summed E-state index contributed by atoms with van der Waals surface area (Å²) in [4.78, 5) is 9.41. The molecule has 0 atom stereocenters. The van der Waals surface area contributed by atoms with Crippen LogP contribution in [0.15, 0.2) is 138 Å². The zero-order chi connectivity index (χ0) is 37.8. The van der Waals surface area contributed by atoms with Gasteiger partial charge in [0.2, 0.25) is 0 Å². The van der Waals surface area contributed by atoms with Gasteiger partial charge in [-0.25, -0.2) is 0 Å². The van der Waals surface area contributed by atoms with Crippen molar-refractivity contribution in [2.45, 2.75) is 63.7 Å². The molecule has 0 aliphatic rings. The van der Waals surface area contributed by atoms with Gasteiger partial charge in [-0.05, 0) is 47.7 Å². The Bertz CT molecular complexity index is 2530. The van der Waals surface area contributed by atoms with E-state index in [2.05, 4.69) is 177 Å². The number of aryl methyl sites for hydroxylation is 2. The molecule has 0 aliphatic carbocycles. The Hall–Kier alpha value is -4.61. The van der Waals surface area contributed by atoms with E-state index in [0.29, 0.717) is 5.92 Å². The van der Waals surface area contributed by atoms with Crippen molar-refractivity contribution in [1.29, 1.82) is 0 Å². The Kier molecular flexibility index (Phi) is 12.7. The van der Waals surface area contributed by atoms with Gasteiger partial charge in [0, 0.05) is 31.7 Å². The zero-order valence-electron chi connectivity index (χ0n) is 32.8. The summed E-state index contributed by atoms with van der Waals surface area (Å²) >= 11 is -1.86. The summed E-state index contributed by atoms with van der Waals surface area (Å²) in [5.41, 5.74) is 14.4. The fourth-order valence-electron chi connectivity index (χ4n) is 7.47. The first-order valence-corrected chi connectivity index (χ1v) is 26.4. The molecular formula is C50H48GeIrN2O-2. The fourth-order valence-corrected chi connectivity index (χ4v) is 11.0. The zero-order valence-corrected chi connectivity index (χ0v) is 37.3. The van der Waals surface area contributed by atoms with Crippen molar-refractivity contribution < 1.29 is 24.5 Å². The van der Waals surface area contributed by atoms with Gasteiger partial charge in [-0.1, -0.05) is 78.9 Å². The van der Waals surface area contributed by atoms with Crippen molar-refractivity contribution in [3.05, 3.63) is 163 Å². The average Bonchev–Trinajstić information content (AvgIpc) is 3.57. The predicted molar refractivity (Wildman–Crippen MR) is 231 cm³/mol. The monoisotopic (exact) mass is 959 g/mol. The van der Waals surface area contributed by atoms with Gasteiger partial charge in [0.1, 0.15) is 5.58 Å². The minimum Gasteiger partial charge on any atom is 0 e. The van der Waals surface area contributed by atoms with Gasteiger partial charge in [-0.2, -0.15) is 0 Å². The molecule has 5 heteroatoms. The van der Waals surface area contributed by atoms with Crippen LogP contribution in [0.1, 0.15) is 49.3 Å². The van der Waals surface area contributed by atoms with Crippen molar-refractivity contribution >= 4 is 39.6 Å². The maximum absolute atomic E-state index is 6.38. The summed E-state index contributed by atoms with van der Waals surface area (Å²) in [6.07, 6.45) is 6.26. The van der Waals surface area contributed by atoms with E-state index in [1.165, 1.54) is 37.8 Å². The number of nitrogens with zero attached hydrogens (tertiary/aromatic N) is 2. The smallest absolute Gasteiger partial charge is 0 e. The van der Waals surface area contributed by atoms with Crippen LogP contribution in [-0.2, 0) is 20.1 Å². The number of rotatable bonds is 8. The number of hydrogen-bond donors (Lipinski definition) is 0. The van der Waals surface area contributed by atoms with Crippen LogP contribution in [0.4, 0.5) is 0 Å². The van der Waals surface area contributed by atoms with Crippen molar-refractivity contribution in [1.82, 2.24) is 9.97 Å². The molecule has 0 N–H and O–H groups in total. The molecule has 3 heterocycles. The molecule has 1 radical (unpaired) electrons. The van der Waals surface area contributed by atoms with Crippen molar-refractivity contribution in [3.8, 4) is 44.8 Å². The fraction of sp³-hybridized carbons (Fsp3) is 0.200. The maximum atomic E-state index is 6.38. The first-order chi connectivity index (χ1) is 26.1. The summed E-state index contributed by atoms with van der Waals surface area (Å²) < 4.78 is 7.86. The molecule has 3 aromatic heterocycles. The summed E-state index contributed by atoms with van der Waals surface area (Å²) in [7, 11) is 0. The molecule has 3 nitrogen and oxygen atoms in total. The molecule has 0 bridgehead atoms. The van der Waals surface area contributed by atoms with Crippen molar-refractivity contribution in [3.63, 3.8) is 0 Å². The van der Waals surface area contributed by atoms with E-state index in [9.17, 15) is 0 Å². The quantitative estimate of drug-likeness (QED) is 0.113. The maximum Gasteiger partial charge on any atom is 0 e. The Morgan fingerprint density at radius 3 is 2.05 bits per heavy atom. The second-order valence-electron chi connectivity index (χ2n) is 15.2.